The summed E-state index contributed by atoms with van der Waals surface area (Å²) in [4.78, 5) is 24.6. The van der Waals surface area contributed by atoms with E-state index in [1.54, 1.807) is 6.08 Å². The second kappa shape index (κ2) is 61.9. The third kappa shape index (κ3) is 57.6. The van der Waals surface area contributed by atoms with Crippen LogP contribution >= 0.6 is 0 Å². The number of unbranched alkanes of at least 4 members (excludes halogenated alkanes) is 48. The maximum atomic E-state index is 12.5. The van der Waals surface area contributed by atoms with Crippen LogP contribution in [-0.4, -0.2) is 47.4 Å². The van der Waals surface area contributed by atoms with Gasteiger partial charge >= 0.3 is 5.97 Å². The van der Waals surface area contributed by atoms with Crippen LogP contribution in [0.2, 0.25) is 0 Å². The van der Waals surface area contributed by atoms with Gasteiger partial charge in [0, 0.05) is 12.8 Å². The lowest BCUT2D eigenvalue weighted by Crippen LogP contribution is -2.45. The van der Waals surface area contributed by atoms with Crippen molar-refractivity contribution in [3.05, 3.63) is 24.3 Å². The Balaban J connectivity index is 3.41. The smallest absolute Gasteiger partial charge is 0.305 e. The van der Waals surface area contributed by atoms with Crippen LogP contribution in [0.15, 0.2) is 24.3 Å². The largest absolute Gasteiger partial charge is 0.466 e. The minimum Gasteiger partial charge on any atom is -0.466 e. The fourth-order valence-corrected chi connectivity index (χ4v) is 10.2. The summed E-state index contributed by atoms with van der Waals surface area (Å²) in [5.74, 6) is -0.0597. The second-order valence-electron chi connectivity index (χ2n) is 22.5. The van der Waals surface area contributed by atoms with Gasteiger partial charge in [0.1, 0.15) is 0 Å². The molecule has 0 aliphatic heterocycles. The zero-order valence-electron chi connectivity index (χ0n) is 48.7. The van der Waals surface area contributed by atoms with E-state index in [9.17, 15) is 19.8 Å². The molecule has 6 nitrogen and oxygen atoms in total. The lowest BCUT2D eigenvalue weighted by Gasteiger charge is -2.20. The standard InChI is InChI=1S/C66H127NO5/c1-3-5-7-9-11-13-15-17-19-21-27-30-34-38-42-46-50-54-58-64(69)63(62-68)67-65(70)59-55-51-47-43-39-35-31-28-24-22-23-25-29-33-37-41-45-49-53-57-61-72-66(71)60-56-52-48-44-40-36-32-26-20-18-16-14-12-10-8-6-4-2/h18,20,54,58,63-64,68-69H,3-17,19,21-53,55-57,59-62H2,1-2H3,(H,67,70)/b20-18-,58-54+. The van der Waals surface area contributed by atoms with Crippen LogP contribution in [0.4, 0.5) is 0 Å². The van der Waals surface area contributed by atoms with E-state index in [0.717, 1.165) is 44.9 Å². The number of aliphatic hydroxyl groups excluding tert-OH is 2. The van der Waals surface area contributed by atoms with E-state index in [2.05, 4.69) is 31.3 Å². The molecular formula is C66H127NO5. The van der Waals surface area contributed by atoms with Gasteiger partial charge in [-0.3, -0.25) is 9.59 Å². The Labute approximate surface area is 450 Å². The first-order valence-corrected chi connectivity index (χ1v) is 32.6. The third-order valence-electron chi connectivity index (χ3n) is 15.2. The molecule has 2 unspecified atom stereocenters. The Morgan fingerprint density at radius 1 is 0.375 bits per heavy atom. The van der Waals surface area contributed by atoms with Crippen LogP contribution in [0.3, 0.4) is 0 Å². The molecule has 72 heavy (non-hydrogen) atoms. The molecule has 0 bridgehead atoms. The average Bonchev–Trinajstić information content (AvgIpc) is 3.38. The van der Waals surface area contributed by atoms with E-state index in [0.29, 0.717) is 19.4 Å². The van der Waals surface area contributed by atoms with Crippen LogP contribution in [0.25, 0.3) is 0 Å². The van der Waals surface area contributed by atoms with Crippen molar-refractivity contribution in [3.63, 3.8) is 0 Å². The molecular weight excluding hydrogens is 887 g/mol. The first kappa shape index (κ1) is 70.3. The highest BCUT2D eigenvalue weighted by atomic mass is 16.5. The van der Waals surface area contributed by atoms with Gasteiger partial charge in [0.25, 0.3) is 0 Å². The van der Waals surface area contributed by atoms with Crippen LogP contribution < -0.4 is 5.32 Å². The van der Waals surface area contributed by atoms with Gasteiger partial charge in [0.2, 0.25) is 5.91 Å². The molecule has 3 N–H and O–H groups in total. The molecule has 0 aliphatic rings. The number of amides is 1. The molecule has 0 rings (SSSR count). The van der Waals surface area contributed by atoms with E-state index in [-0.39, 0.29) is 18.5 Å². The molecule has 0 radical (unpaired) electrons. The molecule has 426 valence electrons. The van der Waals surface area contributed by atoms with Gasteiger partial charge in [0.05, 0.1) is 25.4 Å². The van der Waals surface area contributed by atoms with Crippen molar-refractivity contribution in [2.24, 2.45) is 0 Å². The van der Waals surface area contributed by atoms with Crippen molar-refractivity contribution in [1.82, 2.24) is 5.32 Å². The van der Waals surface area contributed by atoms with E-state index in [1.165, 1.54) is 289 Å². The normalized spacial score (nSPS) is 12.7. The van der Waals surface area contributed by atoms with Gasteiger partial charge in [0.15, 0.2) is 0 Å². The highest BCUT2D eigenvalue weighted by Crippen LogP contribution is 2.18. The predicted octanol–water partition coefficient (Wildman–Crippen LogP) is 20.6. The molecule has 1 amide bonds. The van der Waals surface area contributed by atoms with Gasteiger partial charge in [-0.2, -0.15) is 0 Å². The van der Waals surface area contributed by atoms with Crippen molar-refractivity contribution in [2.45, 2.75) is 373 Å². The van der Waals surface area contributed by atoms with E-state index >= 15 is 0 Å². The van der Waals surface area contributed by atoms with Crippen molar-refractivity contribution in [2.75, 3.05) is 13.2 Å². The molecule has 0 aromatic rings. The average molecular weight is 1010 g/mol. The topological polar surface area (TPSA) is 95.9 Å². The van der Waals surface area contributed by atoms with Crippen LogP contribution in [-0.2, 0) is 14.3 Å². The molecule has 2 atom stereocenters. The van der Waals surface area contributed by atoms with E-state index < -0.39 is 12.1 Å². The lowest BCUT2D eigenvalue weighted by atomic mass is 10.0. The van der Waals surface area contributed by atoms with Crippen molar-refractivity contribution >= 4 is 11.9 Å². The quantitative estimate of drug-likeness (QED) is 0.0320. The molecule has 0 aliphatic carbocycles. The fraction of sp³-hybridized carbons (Fsp3) is 0.909. The van der Waals surface area contributed by atoms with Crippen LogP contribution in [0.1, 0.15) is 361 Å². The number of esters is 1. The van der Waals surface area contributed by atoms with Crippen LogP contribution in [0, 0.1) is 0 Å². The Bertz CT molecular complexity index is 1120. The number of carbonyl (C=O) groups is 2. The first-order chi connectivity index (χ1) is 35.5. The Hall–Kier alpha value is -1.66. The molecule has 0 aromatic carbocycles. The minimum atomic E-state index is -0.846. The highest BCUT2D eigenvalue weighted by Gasteiger charge is 2.18. The van der Waals surface area contributed by atoms with E-state index in [4.69, 9.17) is 4.74 Å². The second-order valence-corrected chi connectivity index (χ2v) is 22.5. The first-order valence-electron chi connectivity index (χ1n) is 32.6. The molecule has 0 saturated heterocycles. The summed E-state index contributed by atoms with van der Waals surface area (Å²) < 4.78 is 5.49. The van der Waals surface area contributed by atoms with Gasteiger partial charge in [-0.25, -0.2) is 0 Å². The predicted molar refractivity (Wildman–Crippen MR) is 315 cm³/mol. The zero-order chi connectivity index (χ0) is 52.2. The summed E-state index contributed by atoms with van der Waals surface area (Å²) in [7, 11) is 0. The Morgan fingerprint density at radius 3 is 0.986 bits per heavy atom. The number of allylic oxidation sites excluding steroid dienone is 3. The SMILES string of the molecule is CCCCCCCC/C=C\CCCCCCCCCC(=O)OCCCCCCCCCCCCCCCCCCCCCCC(=O)NC(CO)C(O)/C=C/CCCCCCCCCCCCCCCCCC. The van der Waals surface area contributed by atoms with Crippen molar-refractivity contribution < 1.29 is 24.5 Å². The highest BCUT2D eigenvalue weighted by molar-refractivity contribution is 5.76. The summed E-state index contributed by atoms with van der Waals surface area (Å²) in [5.41, 5.74) is 0. The Morgan fingerprint density at radius 2 is 0.653 bits per heavy atom. The van der Waals surface area contributed by atoms with E-state index in [1.807, 2.05) is 6.08 Å². The summed E-state index contributed by atoms with van der Waals surface area (Å²) in [6.07, 6.45) is 76.5. The zero-order valence-corrected chi connectivity index (χ0v) is 48.7. The molecule has 0 spiro atoms. The number of hydrogen-bond acceptors (Lipinski definition) is 5. The van der Waals surface area contributed by atoms with Gasteiger partial charge < -0.3 is 20.3 Å². The van der Waals surface area contributed by atoms with Crippen LogP contribution in [0.5, 0.6) is 0 Å². The molecule has 0 aromatic heterocycles. The van der Waals surface area contributed by atoms with Gasteiger partial charge in [-0.05, 0) is 57.8 Å². The number of nitrogens with one attached hydrogen (secondary N) is 1. The number of aliphatic hydroxyl groups is 2. The van der Waals surface area contributed by atoms with Crippen molar-refractivity contribution in [3.8, 4) is 0 Å². The monoisotopic (exact) mass is 1010 g/mol. The summed E-state index contributed by atoms with van der Waals surface area (Å²) in [6, 6.07) is -0.630. The summed E-state index contributed by atoms with van der Waals surface area (Å²) >= 11 is 0. The third-order valence-corrected chi connectivity index (χ3v) is 15.2. The summed E-state index contributed by atoms with van der Waals surface area (Å²) in [6.45, 7) is 4.92. The number of rotatable bonds is 61. The van der Waals surface area contributed by atoms with Crippen molar-refractivity contribution in [1.29, 1.82) is 0 Å². The molecule has 0 saturated carbocycles. The fourth-order valence-electron chi connectivity index (χ4n) is 10.2. The summed E-state index contributed by atoms with van der Waals surface area (Å²) in [5, 5.41) is 23.2. The number of carbonyl (C=O) groups excluding carboxylic acids is 2. The Kier molecular flexibility index (Phi) is 60.5. The molecule has 0 heterocycles. The molecule has 0 fully saturated rings. The van der Waals surface area contributed by atoms with Gasteiger partial charge in [-0.15, -0.1) is 0 Å². The maximum Gasteiger partial charge on any atom is 0.305 e. The lowest BCUT2D eigenvalue weighted by molar-refractivity contribution is -0.143. The molecule has 6 heteroatoms. The number of ether oxygens (including phenoxy) is 1. The van der Waals surface area contributed by atoms with Gasteiger partial charge in [-0.1, -0.05) is 314 Å². The minimum absolute atomic E-state index is 0.00724. The maximum absolute atomic E-state index is 12.5. The number of hydrogen-bond donors (Lipinski definition) is 3.